The predicted molar refractivity (Wildman–Crippen MR) is 88.1 cm³/mol. The number of carbonyl (C=O) groups is 1. The fraction of sp³-hybridized carbons (Fsp3) is 0.294. The molecule has 0 radical (unpaired) electrons. The highest BCUT2D eigenvalue weighted by Crippen LogP contribution is 2.23. The number of aryl methyl sites for hydroxylation is 2. The van der Waals surface area contributed by atoms with Crippen molar-refractivity contribution in [2.75, 3.05) is 6.54 Å². The van der Waals surface area contributed by atoms with Crippen LogP contribution < -0.4 is 5.32 Å². The third-order valence-electron chi connectivity index (χ3n) is 4.04. The zero-order valence-corrected chi connectivity index (χ0v) is 13.4. The van der Waals surface area contributed by atoms with Crippen molar-refractivity contribution in [2.24, 2.45) is 7.05 Å². The fourth-order valence-corrected chi connectivity index (χ4v) is 2.71. The van der Waals surface area contributed by atoms with E-state index in [0.717, 1.165) is 16.6 Å². The number of hydrogen-bond acceptors (Lipinski definition) is 3. The number of nitrogens with one attached hydrogen (secondary N) is 2. The number of nitrogens with zero attached hydrogens (tertiary/aromatic N) is 2. The molecule has 0 saturated carbocycles. The van der Waals surface area contributed by atoms with Crippen LogP contribution in [0.15, 0.2) is 36.7 Å². The minimum Gasteiger partial charge on any atom is -0.383 e. The second-order valence-electron chi connectivity index (χ2n) is 6.03. The number of aromatic nitrogens is 3. The summed E-state index contributed by atoms with van der Waals surface area (Å²) in [4.78, 5) is 15.8. The van der Waals surface area contributed by atoms with Crippen LogP contribution in [0.25, 0.3) is 10.9 Å². The summed E-state index contributed by atoms with van der Waals surface area (Å²) >= 11 is 0. The van der Waals surface area contributed by atoms with Crippen molar-refractivity contribution in [3.8, 4) is 0 Å². The summed E-state index contributed by atoms with van der Waals surface area (Å²) in [6.07, 6.45) is 3.34. The van der Waals surface area contributed by atoms with Crippen molar-refractivity contribution in [3.05, 3.63) is 53.5 Å². The molecule has 6 heteroatoms. The Labute approximate surface area is 134 Å². The standard InChI is InChI=1S/C17H20N4O2/c1-11-15(13-6-4-5-7-14(13)20-11)16(22)18-10-17(2,23)12-8-19-21(3)9-12/h4-9,20,23H,10H2,1-3H3,(H,18,22)/t17-/m1/s1. The summed E-state index contributed by atoms with van der Waals surface area (Å²) in [5.41, 5.74) is 1.83. The van der Waals surface area contributed by atoms with Gasteiger partial charge in [-0.25, -0.2) is 0 Å². The summed E-state index contributed by atoms with van der Waals surface area (Å²) in [7, 11) is 1.79. The molecule has 0 aliphatic heterocycles. The molecule has 0 aliphatic carbocycles. The van der Waals surface area contributed by atoms with Crippen molar-refractivity contribution >= 4 is 16.8 Å². The average molecular weight is 312 g/mol. The molecule has 23 heavy (non-hydrogen) atoms. The number of fused-ring (bicyclic) bond motifs is 1. The van der Waals surface area contributed by atoms with E-state index >= 15 is 0 Å². The maximum Gasteiger partial charge on any atom is 0.253 e. The van der Waals surface area contributed by atoms with Gasteiger partial charge in [0.1, 0.15) is 5.60 Å². The van der Waals surface area contributed by atoms with Crippen LogP contribution in [0.2, 0.25) is 0 Å². The van der Waals surface area contributed by atoms with E-state index in [1.165, 1.54) is 0 Å². The van der Waals surface area contributed by atoms with Gasteiger partial charge in [0.2, 0.25) is 0 Å². The Morgan fingerprint density at radius 2 is 2.17 bits per heavy atom. The zero-order chi connectivity index (χ0) is 16.6. The van der Waals surface area contributed by atoms with Gasteiger partial charge in [0.15, 0.2) is 0 Å². The van der Waals surface area contributed by atoms with E-state index in [1.807, 2.05) is 31.2 Å². The Balaban J connectivity index is 1.80. The van der Waals surface area contributed by atoms with Crippen LogP contribution in [0.1, 0.15) is 28.5 Å². The third kappa shape index (κ3) is 2.85. The second-order valence-corrected chi connectivity index (χ2v) is 6.03. The first-order chi connectivity index (χ1) is 10.9. The van der Waals surface area contributed by atoms with E-state index in [4.69, 9.17) is 0 Å². The zero-order valence-electron chi connectivity index (χ0n) is 13.4. The number of rotatable bonds is 4. The average Bonchev–Trinajstić information content (AvgIpc) is 3.08. The number of amides is 1. The highest BCUT2D eigenvalue weighted by Gasteiger charge is 2.26. The first-order valence-electron chi connectivity index (χ1n) is 7.45. The minimum absolute atomic E-state index is 0.108. The lowest BCUT2D eigenvalue weighted by Gasteiger charge is -2.22. The van der Waals surface area contributed by atoms with Gasteiger partial charge in [-0.2, -0.15) is 5.10 Å². The highest BCUT2D eigenvalue weighted by molar-refractivity contribution is 6.08. The van der Waals surface area contributed by atoms with Crippen molar-refractivity contribution in [1.82, 2.24) is 20.1 Å². The quantitative estimate of drug-likeness (QED) is 0.687. The van der Waals surface area contributed by atoms with Gasteiger partial charge in [0.05, 0.1) is 18.3 Å². The van der Waals surface area contributed by atoms with E-state index in [-0.39, 0.29) is 12.5 Å². The Morgan fingerprint density at radius 3 is 2.87 bits per heavy atom. The molecular formula is C17H20N4O2. The van der Waals surface area contributed by atoms with E-state index in [2.05, 4.69) is 15.4 Å². The first kappa shape index (κ1) is 15.3. The molecule has 3 aromatic rings. The summed E-state index contributed by atoms with van der Waals surface area (Å²) in [5.74, 6) is -0.205. The maximum absolute atomic E-state index is 12.6. The fourth-order valence-electron chi connectivity index (χ4n) is 2.71. The number of H-pyrrole nitrogens is 1. The molecule has 1 atom stereocenters. The van der Waals surface area contributed by atoms with Crippen molar-refractivity contribution in [2.45, 2.75) is 19.4 Å². The van der Waals surface area contributed by atoms with E-state index in [9.17, 15) is 9.90 Å². The van der Waals surface area contributed by atoms with Gasteiger partial charge >= 0.3 is 0 Å². The summed E-state index contributed by atoms with van der Waals surface area (Å²) in [6.45, 7) is 3.64. The van der Waals surface area contributed by atoms with Gasteiger partial charge in [0, 0.05) is 35.4 Å². The molecule has 2 aromatic heterocycles. The van der Waals surface area contributed by atoms with Crippen LogP contribution >= 0.6 is 0 Å². The molecule has 2 heterocycles. The summed E-state index contributed by atoms with van der Waals surface area (Å²) in [6, 6.07) is 7.67. The topological polar surface area (TPSA) is 82.9 Å². The molecule has 3 rings (SSSR count). The number of benzene rings is 1. The van der Waals surface area contributed by atoms with Crippen LogP contribution in [0.3, 0.4) is 0 Å². The monoisotopic (exact) mass is 312 g/mol. The van der Waals surface area contributed by atoms with Crippen LogP contribution in [-0.4, -0.2) is 32.3 Å². The number of aromatic amines is 1. The molecule has 6 nitrogen and oxygen atoms in total. The molecule has 0 fully saturated rings. The first-order valence-corrected chi connectivity index (χ1v) is 7.45. The largest absolute Gasteiger partial charge is 0.383 e. The van der Waals surface area contributed by atoms with E-state index < -0.39 is 5.60 Å². The lowest BCUT2D eigenvalue weighted by atomic mass is 9.99. The van der Waals surface area contributed by atoms with Crippen molar-refractivity contribution in [1.29, 1.82) is 0 Å². The Bertz CT molecular complexity index is 860. The predicted octanol–water partition coefficient (Wildman–Crippen LogP) is 1.85. The molecule has 1 amide bonds. The molecule has 0 aliphatic rings. The van der Waals surface area contributed by atoms with Crippen LogP contribution in [0.4, 0.5) is 0 Å². The number of carbonyl (C=O) groups excluding carboxylic acids is 1. The van der Waals surface area contributed by atoms with E-state index in [0.29, 0.717) is 11.1 Å². The molecule has 3 N–H and O–H groups in total. The Morgan fingerprint density at radius 1 is 1.43 bits per heavy atom. The minimum atomic E-state index is -1.18. The second kappa shape index (κ2) is 5.55. The lowest BCUT2D eigenvalue weighted by Crippen LogP contribution is -2.38. The molecular weight excluding hydrogens is 292 g/mol. The third-order valence-corrected chi connectivity index (χ3v) is 4.04. The molecule has 0 spiro atoms. The summed E-state index contributed by atoms with van der Waals surface area (Å²) < 4.78 is 1.62. The van der Waals surface area contributed by atoms with E-state index in [1.54, 1.807) is 31.0 Å². The highest BCUT2D eigenvalue weighted by atomic mass is 16.3. The van der Waals surface area contributed by atoms with Crippen molar-refractivity contribution < 1.29 is 9.90 Å². The van der Waals surface area contributed by atoms with Crippen LogP contribution in [0, 0.1) is 6.92 Å². The molecule has 0 saturated heterocycles. The van der Waals surface area contributed by atoms with Crippen LogP contribution in [0.5, 0.6) is 0 Å². The maximum atomic E-state index is 12.6. The smallest absolute Gasteiger partial charge is 0.253 e. The molecule has 1 aromatic carbocycles. The summed E-state index contributed by atoms with van der Waals surface area (Å²) in [5, 5.41) is 18.3. The lowest BCUT2D eigenvalue weighted by molar-refractivity contribution is 0.0526. The van der Waals surface area contributed by atoms with Gasteiger partial charge in [-0.05, 0) is 19.9 Å². The van der Waals surface area contributed by atoms with Gasteiger partial charge in [0.25, 0.3) is 5.91 Å². The number of para-hydroxylation sites is 1. The van der Waals surface area contributed by atoms with Gasteiger partial charge in [-0.15, -0.1) is 0 Å². The Hall–Kier alpha value is -2.60. The molecule has 0 bridgehead atoms. The van der Waals surface area contributed by atoms with Gasteiger partial charge < -0.3 is 15.4 Å². The normalized spacial score (nSPS) is 13.9. The number of aliphatic hydroxyl groups is 1. The molecule has 0 unspecified atom stereocenters. The van der Waals surface area contributed by atoms with Gasteiger partial charge in [-0.3, -0.25) is 9.48 Å². The Kier molecular flexibility index (Phi) is 3.69. The number of hydrogen-bond donors (Lipinski definition) is 3. The SMILES string of the molecule is Cc1[nH]c2ccccc2c1C(=O)NC[C@@](C)(O)c1cnn(C)c1. The van der Waals surface area contributed by atoms with Crippen LogP contribution in [-0.2, 0) is 12.6 Å². The van der Waals surface area contributed by atoms with Crippen molar-refractivity contribution in [3.63, 3.8) is 0 Å². The van der Waals surface area contributed by atoms with Gasteiger partial charge in [-0.1, -0.05) is 18.2 Å². The molecule has 120 valence electrons.